The Morgan fingerprint density at radius 2 is 2.16 bits per heavy atom. The number of aromatic nitrogens is 4. The zero-order valence-corrected chi connectivity index (χ0v) is 13.9. The normalized spacial score (nSPS) is 10.7. The third-order valence-corrected chi connectivity index (χ3v) is 3.55. The number of nitrogens with zero attached hydrogens (tertiary/aromatic N) is 4. The molecule has 0 saturated carbocycles. The van der Waals surface area contributed by atoms with Crippen LogP contribution >= 0.6 is 0 Å². The van der Waals surface area contributed by atoms with Gasteiger partial charge in [-0.15, -0.1) is 0 Å². The molecule has 0 spiro atoms. The number of rotatable bonds is 6. The number of ether oxygens (including phenoxy) is 2. The molecule has 0 amide bonds. The van der Waals surface area contributed by atoms with Gasteiger partial charge in [0.05, 0.1) is 32.2 Å². The average Bonchev–Trinajstić information content (AvgIpc) is 3.28. The van der Waals surface area contributed by atoms with Gasteiger partial charge in [-0.2, -0.15) is 5.10 Å². The van der Waals surface area contributed by atoms with Gasteiger partial charge in [-0.25, -0.2) is 14.5 Å². The van der Waals surface area contributed by atoms with Gasteiger partial charge in [0.1, 0.15) is 5.82 Å². The fourth-order valence-electron chi connectivity index (χ4n) is 2.35. The Balaban J connectivity index is 2.08. The van der Waals surface area contributed by atoms with Gasteiger partial charge in [-0.05, 0) is 24.6 Å². The van der Waals surface area contributed by atoms with E-state index in [1.165, 1.54) is 7.11 Å². The van der Waals surface area contributed by atoms with Gasteiger partial charge in [-0.3, -0.25) is 0 Å². The molecule has 0 bridgehead atoms. The fourth-order valence-corrected chi connectivity index (χ4v) is 2.35. The topological polar surface area (TPSA) is 91.4 Å². The summed E-state index contributed by atoms with van der Waals surface area (Å²) in [4.78, 5) is 16.2. The standard InChI is InChI=1S/C17H18N4O4/c1-3-25-17(23)14-8-16(20-7-6-12(10-20)11-22)21(19-14)13-4-5-15(24-2)18-9-13/h4-10,22H,3,11H2,1-2H3. The van der Waals surface area contributed by atoms with Crippen molar-refractivity contribution in [3.8, 4) is 17.4 Å². The number of carbonyl (C=O) groups excluding carboxylic acids is 1. The predicted octanol–water partition coefficient (Wildman–Crippen LogP) is 1.74. The van der Waals surface area contributed by atoms with E-state index in [0.29, 0.717) is 17.4 Å². The lowest BCUT2D eigenvalue weighted by atomic mass is 10.4. The first kappa shape index (κ1) is 16.7. The first-order valence-corrected chi connectivity index (χ1v) is 7.72. The van der Waals surface area contributed by atoms with Crippen LogP contribution in [0.4, 0.5) is 0 Å². The third-order valence-electron chi connectivity index (χ3n) is 3.55. The van der Waals surface area contributed by atoms with E-state index in [2.05, 4.69) is 10.1 Å². The lowest BCUT2D eigenvalue weighted by molar-refractivity contribution is 0.0519. The van der Waals surface area contributed by atoms with Gasteiger partial charge in [-0.1, -0.05) is 0 Å². The highest BCUT2D eigenvalue weighted by molar-refractivity contribution is 5.87. The molecule has 0 saturated heterocycles. The quantitative estimate of drug-likeness (QED) is 0.686. The molecule has 0 aliphatic rings. The van der Waals surface area contributed by atoms with E-state index in [1.54, 1.807) is 59.0 Å². The molecule has 25 heavy (non-hydrogen) atoms. The molecule has 3 aromatic heterocycles. The average molecular weight is 342 g/mol. The molecule has 0 aliphatic carbocycles. The Morgan fingerprint density at radius 3 is 2.76 bits per heavy atom. The summed E-state index contributed by atoms with van der Waals surface area (Å²) < 4.78 is 13.4. The smallest absolute Gasteiger partial charge is 0.358 e. The number of pyridine rings is 1. The van der Waals surface area contributed by atoms with E-state index in [4.69, 9.17) is 9.47 Å². The molecule has 8 heteroatoms. The zero-order valence-electron chi connectivity index (χ0n) is 13.9. The van der Waals surface area contributed by atoms with Crippen LogP contribution in [0.5, 0.6) is 5.88 Å². The van der Waals surface area contributed by atoms with Gasteiger partial charge in [0.25, 0.3) is 0 Å². The maximum Gasteiger partial charge on any atom is 0.358 e. The third kappa shape index (κ3) is 3.38. The summed E-state index contributed by atoms with van der Waals surface area (Å²) in [6.45, 7) is 1.93. The number of aliphatic hydroxyl groups is 1. The molecule has 0 aliphatic heterocycles. The summed E-state index contributed by atoms with van der Waals surface area (Å²) in [5.74, 6) is 0.597. The van der Waals surface area contributed by atoms with Crippen LogP contribution in [-0.4, -0.2) is 44.1 Å². The maximum absolute atomic E-state index is 12.1. The van der Waals surface area contributed by atoms with Crippen molar-refractivity contribution in [1.82, 2.24) is 19.3 Å². The van der Waals surface area contributed by atoms with Gasteiger partial charge in [0.15, 0.2) is 5.69 Å². The van der Waals surface area contributed by atoms with Crippen LogP contribution in [0.2, 0.25) is 0 Å². The molecule has 0 radical (unpaired) electrons. The Bertz CT molecular complexity index is 867. The highest BCUT2D eigenvalue weighted by Crippen LogP contribution is 2.19. The first-order valence-electron chi connectivity index (χ1n) is 7.72. The van der Waals surface area contributed by atoms with E-state index < -0.39 is 5.97 Å². The van der Waals surface area contributed by atoms with Crippen molar-refractivity contribution in [3.05, 3.63) is 54.1 Å². The molecule has 0 aromatic carbocycles. The maximum atomic E-state index is 12.1. The van der Waals surface area contributed by atoms with Gasteiger partial charge in [0, 0.05) is 24.5 Å². The SMILES string of the molecule is CCOC(=O)c1cc(-n2ccc(CO)c2)n(-c2ccc(OC)nc2)n1. The number of carbonyl (C=O) groups is 1. The Labute approximate surface area is 144 Å². The summed E-state index contributed by atoms with van der Waals surface area (Å²) in [7, 11) is 1.54. The lowest BCUT2D eigenvalue weighted by Crippen LogP contribution is -2.07. The van der Waals surface area contributed by atoms with E-state index in [9.17, 15) is 9.90 Å². The number of hydrogen-bond acceptors (Lipinski definition) is 6. The summed E-state index contributed by atoms with van der Waals surface area (Å²) >= 11 is 0. The summed E-state index contributed by atoms with van der Waals surface area (Å²) in [5, 5.41) is 13.6. The van der Waals surface area contributed by atoms with E-state index in [0.717, 1.165) is 5.56 Å². The van der Waals surface area contributed by atoms with E-state index in [-0.39, 0.29) is 18.9 Å². The highest BCUT2D eigenvalue weighted by Gasteiger charge is 2.18. The lowest BCUT2D eigenvalue weighted by Gasteiger charge is -2.08. The largest absolute Gasteiger partial charge is 0.481 e. The molecule has 0 fully saturated rings. The second-order valence-corrected chi connectivity index (χ2v) is 5.16. The fraction of sp³-hybridized carbons (Fsp3) is 0.235. The van der Waals surface area contributed by atoms with Crippen molar-refractivity contribution in [2.24, 2.45) is 0 Å². The first-order chi connectivity index (χ1) is 12.2. The number of aliphatic hydroxyl groups excluding tert-OH is 1. The van der Waals surface area contributed by atoms with Crippen LogP contribution in [0.15, 0.2) is 42.9 Å². The van der Waals surface area contributed by atoms with E-state index in [1.807, 2.05) is 0 Å². The Hall–Kier alpha value is -3.13. The predicted molar refractivity (Wildman–Crippen MR) is 89.1 cm³/mol. The van der Waals surface area contributed by atoms with Crippen molar-refractivity contribution in [3.63, 3.8) is 0 Å². The molecule has 0 atom stereocenters. The second kappa shape index (κ2) is 7.18. The summed E-state index contributed by atoms with van der Waals surface area (Å²) in [6.07, 6.45) is 5.14. The van der Waals surface area contributed by atoms with Crippen molar-refractivity contribution in [2.45, 2.75) is 13.5 Å². The van der Waals surface area contributed by atoms with Gasteiger partial charge in [0.2, 0.25) is 5.88 Å². The zero-order chi connectivity index (χ0) is 17.8. The van der Waals surface area contributed by atoms with Crippen LogP contribution in [0.1, 0.15) is 23.0 Å². The summed E-state index contributed by atoms with van der Waals surface area (Å²) in [5.41, 5.74) is 1.59. The minimum Gasteiger partial charge on any atom is -0.481 e. The van der Waals surface area contributed by atoms with Crippen molar-refractivity contribution in [2.75, 3.05) is 13.7 Å². The van der Waals surface area contributed by atoms with Crippen molar-refractivity contribution >= 4 is 5.97 Å². The van der Waals surface area contributed by atoms with E-state index >= 15 is 0 Å². The van der Waals surface area contributed by atoms with Crippen LogP contribution in [0.3, 0.4) is 0 Å². The monoisotopic (exact) mass is 342 g/mol. The van der Waals surface area contributed by atoms with Crippen molar-refractivity contribution < 1.29 is 19.4 Å². The molecule has 1 N–H and O–H groups in total. The molecular formula is C17H18N4O4. The Kier molecular flexibility index (Phi) is 4.80. The van der Waals surface area contributed by atoms with Crippen molar-refractivity contribution in [1.29, 1.82) is 0 Å². The molecule has 8 nitrogen and oxygen atoms in total. The van der Waals surface area contributed by atoms with Gasteiger partial charge >= 0.3 is 5.97 Å². The molecular weight excluding hydrogens is 324 g/mol. The molecule has 130 valence electrons. The van der Waals surface area contributed by atoms with Crippen LogP contribution < -0.4 is 4.74 Å². The molecule has 3 aromatic rings. The molecule has 3 rings (SSSR count). The molecule has 0 unspecified atom stereocenters. The number of hydrogen-bond donors (Lipinski definition) is 1. The Morgan fingerprint density at radius 1 is 1.32 bits per heavy atom. The van der Waals surface area contributed by atoms with Crippen LogP contribution in [-0.2, 0) is 11.3 Å². The minimum atomic E-state index is -0.501. The van der Waals surface area contributed by atoms with Gasteiger partial charge < -0.3 is 19.1 Å². The van der Waals surface area contributed by atoms with Crippen LogP contribution in [0, 0.1) is 0 Å². The second-order valence-electron chi connectivity index (χ2n) is 5.16. The summed E-state index contributed by atoms with van der Waals surface area (Å²) in [6, 6.07) is 6.91. The number of methoxy groups -OCH3 is 1. The minimum absolute atomic E-state index is 0.0735. The van der Waals surface area contributed by atoms with Crippen LogP contribution in [0.25, 0.3) is 11.5 Å². The molecule has 3 heterocycles. The number of esters is 1. The highest BCUT2D eigenvalue weighted by atomic mass is 16.5.